The predicted molar refractivity (Wildman–Crippen MR) is 150 cm³/mol. The lowest BCUT2D eigenvalue weighted by molar-refractivity contribution is -0.150. The second-order valence-electron chi connectivity index (χ2n) is 14.5. The third-order valence-corrected chi connectivity index (χ3v) is 12.4. The quantitative estimate of drug-likeness (QED) is 0.415. The zero-order valence-corrected chi connectivity index (χ0v) is 23.8. The van der Waals surface area contributed by atoms with Gasteiger partial charge in [-0.2, -0.15) is 0 Å². The molecule has 4 aliphatic rings. The lowest BCUT2D eigenvalue weighted by atomic mass is 9.44. The molecule has 196 valence electrons. The molecule has 1 aromatic carbocycles. The van der Waals surface area contributed by atoms with Crippen LogP contribution in [-0.2, 0) is 24.7 Å². The molecular weight excluding hydrogens is 438 g/mol. The van der Waals surface area contributed by atoms with E-state index in [9.17, 15) is 4.79 Å². The number of carbonyl (C=O) groups is 1. The van der Waals surface area contributed by atoms with Crippen molar-refractivity contribution in [2.45, 2.75) is 98.8 Å². The van der Waals surface area contributed by atoms with E-state index in [-0.39, 0.29) is 11.3 Å². The summed E-state index contributed by atoms with van der Waals surface area (Å²) in [4.78, 5) is 13.9. The summed E-state index contributed by atoms with van der Waals surface area (Å²) in [6, 6.07) is 8.93. The van der Waals surface area contributed by atoms with E-state index in [1.54, 1.807) is 5.56 Å². The monoisotopic (exact) mass is 487 g/mol. The molecule has 1 aromatic heterocycles. The van der Waals surface area contributed by atoms with Gasteiger partial charge in [0.05, 0.1) is 0 Å². The summed E-state index contributed by atoms with van der Waals surface area (Å²) in [7, 11) is 2.22. The van der Waals surface area contributed by atoms with Crippen molar-refractivity contribution in [1.82, 2.24) is 4.57 Å². The molecule has 0 radical (unpaired) electrons. The predicted octanol–water partition coefficient (Wildman–Crippen LogP) is 8.39. The highest BCUT2D eigenvalue weighted by Crippen LogP contribution is 2.67. The molecule has 0 saturated heterocycles. The molecule has 2 nitrogen and oxygen atoms in total. The number of ketones is 1. The molecule has 6 rings (SSSR count). The van der Waals surface area contributed by atoms with Gasteiger partial charge in [-0.25, -0.2) is 0 Å². The minimum Gasteiger partial charge on any atom is -0.347 e. The number of hydrogen-bond acceptors (Lipinski definition) is 1. The fraction of sp³-hybridized carbons (Fsp3) is 0.735. The van der Waals surface area contributed by atoms with E-state index >= 15 is 0 Å². The number of fused-ring (bicyclic) bond motifs is 8. The average molecular weight is 488 g/mol. The number of rotatable bonds is 5. The van der Waals surface area contributed by atoms with Gasteiger partial charge in [0.15, 0.2) is 0 Å². The summed E-state index contributed by atoms with van der Waals surface area (Å²) in [5.41, 5.74) is 4.90. The van der Waals surface area contributed by atoms with Crippen LogP contribution in [-0.4, -0.2) is 10.4 Å². The van der Waals surface area contributed by atoms with Gasteiger partial charge in [-0.05, 0) is 96.5 Å². The molecule has 3 fully saturated rings. The largest absolute Gasteiger partial charge is 0.347 e. The maximum absolute atomic E-state index is 13.9. The fourth-order valence-electron chi connectivity index (χ4n) is 10.6. The molecule has 3 saturated carbocycles. The molecule has 0 unspecified atom stereocenters. The van der Waals surface area contributed by atoms with Gasteiger partial charge in [0.2, 0.25) is 0 Å². The van der Waals surface area contributed by atoms with E-state index < -0.39 is 0 Å². The first kappa shape index (κ1) is 24.7. The van der Waals surface area contributed by atoms with Gasteiger partial charge >= 0.3 is 0 Å². The molecular formula is C34H49NO. The standard InChI is InChI=1S/C34H49NO/c1-21(2)10-9-11-22(3)26-14-15-27-24-18-32(36)29-19-31-25(23-12-7-8-13-30(23)35(31)6)20-34(29,5)28(24)16-17-33(26,27)4/h7-8,12-13,21-22,24,26-29H,9-11,14-20H2,1-6H3/t22-,24+,26-,27+,28+,29-,33-,34-/m1/s1. The molecule has 0 bridgehead atoms. The molecule has 4 aliphatic carbocycles. The highest BCUT2D eigenvalue weighted by Gasteiger charge is 2.62. The van der Waals surface area contributed by atoms with E-state index in [1.807, 2.05) is 0 Å². The maximum atomic E-state index is 13.9. The first-order valence-electron chi connectivity index (χ1n) is 15.2. The Kier molecular flexibility index (Phi) is 6.01. The number of hydrogen-bond donors (Lipinski definition) is 0. The van der Waals surface area contributed by atoms with E-state index in [1.165, 1.54) is 61.5 Å². The summed E-state index contributed by atoms with van der Waals surface area (Å²) >= 11 is 0. The Hall–Kier alpha value is -1.57. The Labute approximate surface area is 219 Å². The van der Waals surface area contributed by atoms with Crippen molar-refractivity contribution >= 4 is 16.7 Å². The van der Waals surface area contributed by atoms with Crippen LogP contribution in [0.2, 0.25) is 0 Å². The van der Waals surface area contributed by atoms with Gasteiger partial charge in [0.1, 0.15) is 5.78 Å². The molecule has 1 heterocycles. The van der Waals surface area contributed by atoms with Crippen LogP contribution >= 0.6 is 0 Å². The number of para-hydroxylation sites is 1. The second kappa shape index (κ2) is 8.74. The highest BCUT2D eigenvalue weighted by molar-refractivity contribution is 5.88. The van der Waals surface area contributed by atoms with Crippen LogP contribution in [0.4, 0.5) is 0 Å². The summed E-state index contributed by atoms with van der Waals surface area (Å²) in [6.45, 7) is 12.4. The first-order valence-corrected chi connectivity index (χ1v) is 15.2. The Morgan fingerprint density at radius 2 is 1.72 bits per heavy atom. The maximum Gasteiger partial charge on any atom is 0.137 e. The van der Waals surface area contributed by atoms with Crippen LogP contribution in [0, 0.1) is 52.3 Å². The van der Waals surface area contributed by atoms with Gasteiger partial charge in [0, 0.05) is 36.0 Å². The highest BCUT2D eigenvalue weighted by atomic mass is 16.1. The van der Waals surface area contributed by atoms with Crippen LogP contribution < -0.4 is 0 Å². The Morgan fingerprint density at radius 1 is 0.972 bits per heavy atom. The van der Waals surface area contributed by atoms with Gasteiger partial charge in [-0.15, -0.1) is 0 Å². The topological polar surface area (TPSA) is 22.0 Å². The number of benzene rings is 1. The Morgan fingerprint density at radius 3 is 2.50 bits per heavy atom. The minimum absolute atomic E-state index is 0.124. The van der Waals surface area contributed by atoms with Crippen LogP contribution in [0.15, 0.2) is 24.3 Å². The van der Waals surface area contributed by atoms with Crippen molar-refractivity contribution in [3.8, 4) is 0 Å². The van der Waals surface area contributed by atoms with Crippen molar-refractivity contribution < 1.29 is 4.79 Å². The third kappa shape index (κ3) is 3.52. The minimum atomic E-state index is 0.124. The van der Waals surface area contributed by atoms with Crippen molar-refractivity contribution in [1.29, 1.82) is 0 Å². The number of carbonyl (C=O) groups excluding carboxylic acids is 1. The van der Waals surface area contributed by atoms with E-state index in [0.29, 0.717) is 23.0 Å². The number of aryl methyl sites for hydroxylation is 1. The van der Waals surface area contributed by atoms with Gasteiger partial charge in [0.25, 0.3) is 0 Å². The average Bonchev–Trinajstić information content (AvgIpc) is 3.32. The lowest BCUT2D eigenvalue weighted by Gasteiger charge is -2.60. The van der Waals surface area contributed by atoms with E-state index in [4.69, 9.17) is 0 Å². The molecule has 2 aromatic rings. The van der Waals surface area contributed by atoms with Gasteiger partial charge < -0.3 is 4.57 Å². The molecule has 0 aliphatic heterocycles. The fourth-order valence-corrected chi connectivity index (χ4v) is 10.6. The van der Waals surface area contributed by atoms with Crippen LogP contribution in [0.5, 0.6) is 0 Å². The molecule has 0 amide bonds. The lowest BCUT2D eigenvalue weighted by Crippen LogP contribution is -2.57. The van der Waals surface area contributed by atoms with Crippen LogP contribution in [0.1, 0.15) is 97.2 Å². The molecule has 0 spiro atoms. The van der Waals surface area contributed by atoms with Crippen molar-refractivity contribution in [2.75, 3.05) is 0 Å². The summed E-state index contributed by atoms with van der Waals surface area (Å²) < 4.78 is 2.39. The van der Waals surface area contributed by atoms with E-state index in [2.05, 4.69) is 70.5 Å². The van der Waals surface area contributed by atoms with Crippen molar-refractivity contribution in [2.24, 2.45) is 59.3 Å². The van der Waals surface area contributed by atoms with Gasteiger partial charge in [-0.1, -0.05) is 72.1 Å². The molecule has 8 atom stereocenters. The zero-order valence-electron chi connectivity index (χ0n) is 23.8. The van der Waals surface area contributed by atoms with Crippen LogP contribution in [0.25, 0.3) is 10.9 Å². The second-order valence-corrected chi connectivity index (χ2v) is 14.5. The smallest absolute Gasteiger partial charge is 0.137 e. The SMILES string of the molecule is CC(C)CCC[C@@H](C)[C@H]1CC[C@H]2[C@@H]3CC(=O)[C@H]4Cc5c(c6ccccc6n5C)C[C@]4(C)[C@H]3CC[C@]12C. The molecule has 2 heteroatoms. The summed E-state index contributed by atoms with van der Waals surface area (Å²) in [6.07, 6.45) is 12.5. The first-order chi connectivity index (χ1) is 17.1. The number of nitrogens with zero attached hydrogens (tertiary/aromatic N) is 1. The summed E-state index contributed by atoms with van der Waals surface area (Å²) in [5.74, 6) is 5.38. The molecule has 0 N–H and O–H groups in total. The van der Waals surface area contributed by atoms with E-state index in [0.717, 1.165) is 42.9 Å². The Balaban J connectivity index is 1.29. The van der Waals surface area contributed by atoms with Gasteiger partial charge in [-0.3, -0.25) is 4.79 Å². The van der Waals surface area contributed by atoms with Crippen molar-refractivity contribution in [3.05, 3.63) is 35.5 Å². The number of Topliss-reactive ketones (excluding diaryl/α,β-unsaturated/α-hetero) is 1. The third-order valence-electron chi connectivity index (χ3n) is 12.4. The Bertz CT molecular complexity index is 1160. The zero-order chi connectivity index (χ0) is 25.4. The normalized spacial score (nSPS) is 38.5. The number of aromatic nitrogens is 1. The van der Waals surface area contributed by atoms with Crippen LogP contribution in [0.3, 0.4) is 0 Å². The summed E-state index contributed by atoms with van der Waals surface area (Å²) in [5, 5.41) is 1.43. The molecule has 36 heavy (non-hydrogen) atoms. The van der Waals surface area contributed by atoms with Crippen molar-refractivity contribution in [3.63, 3.8) is 0 Å².